The van der Waals surface area contributed by atoms with E-state index in [1.54, 1.807) is 0 Å². The molecule has 1 aliphatic heterocycles. The van der Waals surface area contributed by atoms with Crippen LogP contribution in [0.4, 0.5) is 0 Å². The van der Waals surface area contributed by atoms with Crippen LogP contribution in [0.25, 0.3) is 10.9 Å². The molecule has 0 unspecified atom stereocenters. The second kappa shape index (κ2) is 7.89. The minimum Gasteiger partial charge on any atom is -0.361 e. The molecule has 2 aliphatic rings. The highest BCUT2D eigenvalue weighted by Gasteiger charge is 2.39. The number of piperidine rings is 1. The van der Waals surface area contributed by atoms with Crippen molar-refractivity contribution in [1.82, 2.24) is 14.9 Å². The fraction of sp³-hybridized carbons (Fsp3) is 0.400. The van der Waals surface area contributed by atoms with Gasteiger partial charge in [-0.2, -0.15) is 0 Å². The Bertz CT molecular complexity index is 1040. The molecule has 30 heavy (non-hydrogen) atoms. The van der Waals surface area contributed by atoms with Crippen LogP contribution in [0.15, 0.2) is 54.7 Å². The Labute approximate surface area is 177 Å². The molecule has 0 bridgehead atoms. The van der Waals surface area contributed by atoms with Gasteiger partial charge >= 0.3 is 0 Å². The third kappa shape index (κ3) is 3.53. The average molecular weight is 404 g/mol. The number of carbonyl (C=O) groups excluding carboxylic acids is 1. The zero-order valence-electron chi connectivity index (χ0n) is 17.4. The van der Waals surface area contributed by atoms with Crippen LogP contribution in [0.3, 0.4) is 0 Å². The number of hydrogen-bond acceptors (Lipinski definition) is 3. The van der Waals surface area contributed by atoms with E-state index in [-0.39, 0.29) is 12.5 Å². The molecule has 5 rings (SSSR count). The minimum atomic E-state index is -0.192. The summed E-state index contributed by atoms with van der Waals surface area (Å²) in [5, 5.41) is 12.5. The Hall–Kier alpha value is -2.63. The normalized spacial score (nSPS) is 23.3. The summed E-state index contributed by atoms with van der Waals surface area (Å²) < 4.78 is 0. The number of likely N-dealkylation sites (tertiary alicyclic amines) is 1. The molecule has 1 aliphatic carbocycles. The van der Waals surface area contributed by atoms with Crippen molar-refractivity contribution in [3.63, 3.8) is 0 Å². The number of fused-ring (bicyclic) bond motifs is 2. The number of benzene rings is 2. The molecular weight excluding hydrogens is 374 g/mol. The Morgan fingerprint density at radius 3 is 2.87 bits per heavy atom. The predicted molar refractivity (Wildman–Crippen MR) is 117 cm³/mol. The van der Waals surface area contributed by atoms with Gasteiger partial charge in [-0.05, 0) is 55.0 Å². The van der Waals surface area contributed by atoms with Crippen LogP contribution in [0, 0.1) is 5.92 Å². The minimum absolute atomic E-state index is 0.192. The molecule has 1 aromatic heterocycles. The molecule has 1 fully saturated rings. The molecule has 5 nitrogen and oxygen atoms in total. The first-order valence-corrected chi connectivity index (χ1v) is 10.9. The molecular formula is C25H29N3O2. The van der Waals surface area contributed by atoms with Crippen molar-refractivity contribution in [3.05, 3.63) is 71.4 Å². The molecule has 156 valence electrons. The van der Waals surface area contributed by atoms with Crippen molar-refractivity contribution < 1.29 is 10.0 Å². The van der Waals surface area contributed by atoms with E-state index < -0.39 is 0 Å². The van der Waals surface area contributed by atoms with E-state index in [4.69, 9.17) is 0 Å². The van der Waals surface area contributed by atoms with Crippen LogP contribution in [0.5, 0.6) is 0 Å². The number of hydroxylamine groups is 2. The molecule has 2 heterocycles. The number of carbonyl (C=O) groups is 1. The topological polar surface area (TPSA) is 59.6 Å². The number of aromatic amines is 1. The molecule has 5 heteroatoms. The Morgan fingerprint density at radius 2 is 2.03 bits per heavy atom. The van der Waals surface area contributed by atoms with Crippen molar-refractivity contribution >= 4 is 16.8 Å². The number of H-pyrrole nitrogens is 1. The van der Waals surface area contributed by atoms with Crippen LogP contribution in [-0.2, 0) is 17.8 Å². The third-order valence-electron chi connectivity index (χ3n) is 7.04. The maximum Gasteiger partial charge on any atom is 0.246 e. The fourth-order valence-electron chi connectivity index (χ4n) is 5.56. The van der Waals surface area contributed by atoms with Crippen LogP contribution in [0.1, 0.15) is 41.9 Å². The van der Waals surface area contributed by atoms with Gasteiger partial charge in [0.05, 0.1) is 6.54 Å². The Balaban J connectivity index is 1.25. The molecule has 1 amide bonds. The standard InChI is InChI=1S/C25H29N3O2/c1-27-15-18(10-11-24(29)28(30)16-17-6-3-2-4-7-17)12-21-20-8-5-9-22-25(20)19(14-26-22)13-23(21)27/h2-9,14,18,21,23,26,30H,10-13,15-16H2,1H3/t18-,21-,23-/m1/s1. The van der Waals surface area contributed by atoms with E-state index in [2.05, 4.69) is 41.3 Å². The van der Waals surface area contributed by atoms with Gasteiger partial charge in [-0.15, -0.1) is 0 Å². The number of likely N-dealkylation sites (N-methyl/N-ethyl adjacent to an activating group) is 1. The molecule has 1 saturated heterocycles. The quantitative estimate of drug-likeness (QED) is 0.493. The van der Waals surface area contributed by atoms with E-state index in [0.29, 0.717) is 24.3 Å². The highest BCUT2D eigenvalue weighted by Crippen LogP contribution is 2.45. The zero-order chi connectivity index (χ0) is 20.7. The second-order valence-corrected chi connectivity index (χ2v) is 8.98. The van der Waals surface area contributed by atoms with Gasteiger partial charge in [0.2, 0.25) is 5.91 Å². The summed E-state index contributed by atoms with van der Waals surface area (Å²) >= 11 is 0. The summed E-state index contributed by atoms with van der Waals surface area (Å²) in [5.41, 5.74) is 5.05. The molecule has 0 radical (unpaired) electrons. The van der Waals surface area contributed by atoms with Gasteiger partial charge in [0.25, 0.3) is 0 Å². The fourth-order valence-corrected chi connectivity index (χ4v) is 5.56. The van der Waals surface area contributed by atoms with Crippen LogP contribution in [-0.4, -0.2) is 45.7 Å². The van der Waals surface area contributed by atoms with Crippen molar-refractivity contribution in [2.75, 3.05) is 13.6 Å². The van der Waals surface area contributed by atoms with E-state index in [1.807, 2.05) is 30.3 Å². The number of nitrogens with one attached hydrogen (secondary N) is 1. The van der Waals surface area contributed by atoms with Crippen LogP contribution >= 0.6 is 0 Å². The summed E-state index contributed by atoms with van der Waals surface area (Å²) in [6, 6.07) is 16.7. The third-order valence-corrected chi connectivity index (χ3v) is 7.04. The van der Waals surface area contributed by atoms with Crippen LogP contribution < -0.4 is 0 Å². The number of nitrogens with zero attached hydrogens (tertiary/aromatic N) is 2. The summed E-state index contributed by atoms with van der Waals surface area (Å²) in [5.74, 6) is 0.772. The highest BCUT2D eigenvalue weighted by atomic mass is 16.5. The van der Waals surface area contributed by atoms with Gasteiger partial charge in [0.15, 0.2) is 0 Å². The average Bonchev–Trinajstić information content (AvgIpc) is 3.18. The van der Waals surface area contributed by atoms with Crippen LogP contribution in [0.2, 0.25) is 0 Å². The van der Waals surface area contributed by atoms with Gasteiger partial charge in [0.1, 0.15) is 0 Å². The Morgan fingerprint density at radius 1 is 1.20 bits per heavy atom. The second-order valence-electron chi connectivity index (χ2n) is 8.98. The first-order valence-electron chi connectivity index (χ1n) is 10.9. The highest BCUT2D eigenvalue weighted by molar-refractivity contribution is 5.88. The number of amides is 1. The van der Waals surface area contributed by atoms with Gasteiger partial charge in [-0.25, -0.2) is 5.06 Å². The Kier molecular flexibility index (Phi) is 5.09. The van der Waals surface area contributed by atoms with E-state index in [9.17, 15) is 10.0 Å². The lowest BCUT2D eigenvalue weighted by Crippen LogP contribution is -2.48. The lowest BCUT2D eigenvalue weighted by molar-refractivity contribution is -0.168. The summed E-state index contributed by atoms with van der Waals surface area (Å²) in [6.07, 6.45) is 5.57. The maximum absolute atomic E-state index is 12.5. The van der Waals surface area contributed by atoms with Crippen molar-refractivity contribution in [2.45, 2.75) is 44.2 Å². The van der Waals surface area contributed by atoms with Gasteiger partial charge < -0.3 is 9.88 Å². The maximum atomic E-state index is 12.5. The molecule has 2 N–H and O–H groups in total. The molecule has 0 spiro atoms. The predicted octanol–water partition coefficient (Wildman–Crippen LogP) is 4.33. The molecule has 2 aromatic carbocycles. The molecule has 3 aromatic rings. The molecule has 0 saturated carbocycles. The van der Waals surface area contributed by atoms with Gasteiger partial charge in [-0.3, -0.25) is 10.0 Å². The zero-order valence-corrected chi connectivity index (χ0v) is 17.4. The van der Waals surface area contributed by atoms with E-state index >= 15 is 0 Å². The largest absolute Gasteiger partial charge is 0.361 e. The number of hydrogen-bond donors (Lipinski definition) is 2. The summed E-state index contributed by atoms with van der Waals surface area (Å²) in [6.45, 7) is 1.25. The van der Waals surface area contributed by atoms with Crippen molar-refractivity contribution in [3.8, 4) is 0 Å². The smallest absolute Gasteiger partial charge is 0.246 e. The lowest BCUT2D eigenvalue weighted by atomic mass is 9.71. The summed E-state index contributed by atoms with van der Waals surface area (Å²) in [4.78, 5) is 18.4. The van der Waals surface area contributed by atoms with E-state index in [1.165, 1.54) is 22.0 Å². The van der Waals surface area contributed by atoms with Crippen molar-refractivity contribution in [1.29, 1.82) is 0 Å². The SMILES string of the molecule is CN1C[C@H](CCC(=O)N(O)Cc2ccccc2)C[C@@H]2c3cccc4[nH]cc(c34)C[C@H]21. The van der Waals surface area contributed by atoms with Gasteiger partial charge in [-0.1, -0.05) is 42.5 Å². The van der Waals surface area contributed by atoms with Gasteiger partial charge in [0, 0.05) is 42.0 Å². The number of aromatic nitrogens is 1. The van der Waals surface area contributed by atoms with E-state index in [0.717, 1.165) is 36.4 Å². The first kappa shape index (κ1) is 19.3. The molecule has 3 atom stereocenters. The number of rotatable bonds is 5. The first-order chi connectivity index (χ1) is 14.6. The monoisotopic (exact) mass is 403 g/mol. The summed E-state index contributed by atoms with van der Waals surface area (Å²) in [7, 11) is 2.22. The van der Waals surface area contributed by atoms with Crippen molar-refractivity contribution in [2.24, 2.45) is 5.92 Å². The lowest BCUT2D eigenvalue weighted by Gasteiger charge is -2.45.